The van der Waals surface area contributed by atoms with Crippen molar-refractivity contribution in [1.82, 2.24) is 0 Å². The third-order valence-corrected chi connectivity index (χ3v) is 3.64. The van der Waals surface area contributed by atoms with E-state index in [0.29, 0.717) is 25.9 Å². The van der Waals surface area contributed by atoms with Gasteiger partial charge >= 0.3 is 0 Å². The van der Waals surface area contributed by atoms with E-state index >= 15 is 0 Å². The Hall–Kier alpha value is -1.20. The second kappa shape index (κ2) is 6.50. The standard InChI is InChI=1S/C16H20O4/c1-12(13-5-3-2-4-6-13)9-18-16-8-7-14-15(20-16)10-17-11-19-14/h2-8,12,14-16H,9-11H2,1H3/t12?,14-,15+,16?/m0/s1. The molecule has 4 heteroatoms. The van der Waals surface area contributed by atoms with E-state index in [1.807, 2.05) is 30.4 Å². The first-order chi connectivity index (χ1) is 9.83. The molecule has 20 heavy (non-hydrogen) atoms. The van der Waals surface area contributed by atoms with Crippen molar-refractivity contribution < 1.29 is 18.9 Å². The molecule has 1 fully saturated rings. The fourth-order valence-electron chi connectivity index (χ4n) is 2.42. The molecule has 4 atom stereocenters. The first-order valence-corrected chi connectivity index (χ1v) is 7.02. The van der Waals surface area contributed by atoms with Gasteiger partial charge in [-0.2, -0.15) is 0 Å². The third-order valence-electron chi connectivity index (χ3n) is 3.64. The summed E-state index contributed by atoms with van der Waals surface area (Å²) in [7, 11) is 0. The number of fused-ring (bicyclic) bond motifs is 1. The Kier molecular flexibility index (Phi) is 4.47. The third kappa shape index (κ3) is 3.27. The van der Waals surface area contributed by atoms with Gasteiger partial charge in [-0.15, -0.1) is 0 Å². The Labute approximate surface area is 119 Å². The van der Waals surface area contributed by atoms with Crippen LogP contribution in [-0.2, 0) is 18.9 Å². The van der Waals surface area contributed by atoms with Crippen LogP contribution in [0.5, 0.6) is 0 Å². The Morgan fingerprint density at radius 1 is 1.25 bits per heavy atom. The fourth-order valence-corrected chi connectivity index (χ4v) is 2.42. The van der Waals surface area contributed by atoms with Crippen LogP contribution in [0.15, 0.2) is 42.5 Å². The maximum Gasteiger partial charge on any atom is 0.177 e. The van der Waals surface area contributed by atoms with E-state index in [1.54, 1.807) is 0 Å². The highest BCUT2D eigenvalue weighted by molar-refractivity contribution is 5.18. The van der Waals surface area contributed by atoms with E-state index in [2.05, 4.69) is 19.1 Å². The predicted octanol–water partition coefficient (Wildman–Crippen LogP) is 2.46. The van der Waals surface area contributed by atoms with Crippen LogP contribution >= 0.6 is 0 Å². The van der Waals surface area contributed by atoms with Gasteiger partial charge in [0.05, 0.1) is 13.2 Å². The summed E-state index contributed by atoms with van der Waals surface area (Å²) >= 11 is 0. The Balaban J connectivity index is 1.51. The van der Waals surface area contributed by atoms with Gasteiger partial charge in [0, 0.05) is 5.92 Å². The molecule has 0 bridgehead atoms. The van der Waals surface area contributed by atoms with Crippen LogP contribution in [0.4, 0.5) is 0 Å². The average molecular weight is 276 g/mol. The molecule has 1 aromatic rings. The van der Waals surface area contributed by atoms with Crippen LogP contribution in [0, 0.1) is 0 Å². The lowest BCUT2D eigenvalue weighted by atomic mass is 10.0. The van der Waals surface area contributed by atoms with Crippen molar-refractivity contribution >= 4 is 0 Å². The van der Waals surface area contributed by atoms with Crippen molar-refractivity contribution in [1.29, 1.82) is 0 Å². The molecule has 0 radical (unpaired) electrons. The monoisotopic (exact) mass is 276 g/mol. The molecule has 1 aromatic carbocycles. The maximum absolute atomic E-state index is 5.83. The van der Waals surface area contributed by atoms with Gasteiger partial charge in [-0.1, -0.05) is 43.3 Å². The molecule has 0 amide bonds. The zero-order chi connectivity index (χ0) is 13.8. The fraction of sp³-hybridized carbons (Fsp3) is 0.500. The minimum absolute atomic E-state index is 0.00449. The van der Waals surface area contributed by atoms with Crippen molar-refractivity contribution in [3.63, 3.8) is 0 Å². The van der Waals surface area contributed by atoms with Gasteiger partial charge in [-0.25, -0.2) is 0 Å². The van der Waals surface area contributed by atoms with E-state index in [4.69, 9.17) is 18.9 Å². The summed E-state index contributed by atoms with van der Waals surface area (Å²) < 4.78 is 22.3. The van der Waals surface area contributed by atoms with E-state index in [9.17, 15) is 0 Å². The van der Waals surface area contributed by atoms with Crippen molar-refractivity contribution in [3.8, 4) is 0 Å². The highest BCUT2D eigenvalue weighted by atomic mass is 16.7. The van der Waals surface area contributed by atoms with E-state index < -0.39 is 0 Å². The largest absolute Gasteiger partial charge is 0.353 e. The molecule has 0 spiro atoms. The molecule has 2 aliphatic heterocycles. The first-order valence-electron chi connectivity index (χ1n) is 7.02. The lowest BCUT2D eigenvalue weighted by Gasteiger charge is -2.35. The van der Waals surface area contributed by atoms with Crippen molar-refractivity contribution in [2.24, 2.45) is 0 Å². The van der Waals surface area contributed by atoms with E-state index in [0.717, 1.165) is 0 Å². The smallest absolute Gasteiger partial charge is 0.177 e. The van der Waals surface area contributed by atoms with Crippen LogP contribution in [0.3, 0.4) is 0 Å². The SMILES string of the molecule is CC(COC1C=C[C@@H]2OCOC[C@H]2O1)c1ccccc1. The molecular formula is C16H20O4. The van der Waals surface area contributed by atoms with Crippen LogP contribution in [0.1, 0.15) is 18.4 Å². The zero-order valence-electron chi connectivity index (χ0n) is 11.6. The molecule has 0 saturated carbocycles. The van der Waals surface area contributed by atoms with Gasteiger partial charge in [0.25, 0.3) is 0 Å². The lowest BCUT2D eigenvalue weighted by molar-refractivity contribution is -0.244. The van der Waals surface area contributed by atoms with Crippen LogP contribution in [-0.4, -0.2) is 38.5 Å². The second-order valence-corrected chi connectivity index (χ2v) is 5.19. The molecule has 3 rings (SSSR count). The molecule has 0 N–H and O–H groups in total. The number of rotatable bonds is 4. The molecule has 2 aliphatic rings. The van der Waals surface area contributed by atoms with Gasteiger partial charge in [0.2, 0.25) is 0 Å². The molecule has 0 aliphatic carbocycles. The van der Waals surface area contributed by atoms with E-state index in [-0.39, 0.29) is 18.5 Å². The van der Waals surface area contributed by atoms with E-state index in [1.165, 1.54) is 5.56 Å². The molecule has 2 unspecified atom stereocenters. The van der Waals surface area contributed by atoms with Gasteiger partial charge in [-0.05, 0) is 11.6 Å². The Bertz CT molecular complexity index is 445. The summed E-state index contributed by atoms with van der Waals surface area (Å²) in [6.45, 7) is 3.67. The molecule has 1 saturated heterocycles. The normalized spacial score (nSPS) is 30.8. The zero-order valence-corrected chi connectivity index (χ0v) is 11.6. The second-order valence-electron chi connectivity index (χ2n) is 5.19. The first kappa shape index (κ1) is 13.8. The lowest BCUT2D eigenvalue weighted by Crippen LogP contribution is -2.44. The predicted molar refractivity (Wildman–Crippen MR) is 74.3 cm³/mol. The van der Waals surface area contributed by atoms with Crippen molar-refractivity contribution in [2.45, 2.75) is 31.3 Å². The van der Waals surface area contributed by atoms with Crippen LogP contribution < -0.4 is 0 Å². The maximum atomic E-state index is 5.83. The molecule has 0 aromatic heterocycles. The van der Waals surface area contributed by atoms with Gasteiger partial charge in [-0.3, -0.25) is 0 Å². The highest BCUT2D eigenvalue weighted by Crippen LogP contribution is 2.22. The summed E-state index contributed by atoms with van der Waals surface area (Å²) in [5.74, 6) is 0.338. The number of benzene rings is 1. The summed E-state index contributed by atoms with van der Waals surface area (Å²) in [6.07, 6.45) is 3.55. The summed E-state index contributed by atoms with van der Waals surface area (Å²) in [4.78, 5) is 0. The van der Waals surface area contributed by atoms with Crippen molar-refractivity contribution in [3.05, 3.63) is 48.0 Å². The Morgan fingerprint density at radius 3 is 2.95 bits per heavy atom. The molecule has 108 valence electrons. The average Bonchev–Trinajstić information content (AvgIpc) is 2.53. The summed E-state index contributed by atoms with van der Waals surface area (Å²) in [5.41, 5.74) is 1.27. The minimum Gasteiger partial charge on any atom is -0.353 e. The quantitative estimate of drug-likeness (QED) is 0.792. The number of hydrogen-bond acceptors (Lipinski definition) is 4. The summed E-state index contributed by atoms with van der Waals surface area (Å²) in [5, 5.41) is 0. The summed E-state index contributed by atoms with van der Waals surface area (Å²) in [6, 6.07) is 10.3. The highest BCUT2D eigenvalue weighted by Gasteiger charge is 2.31. The van der Waals surface area contributed by atoms with Gasteiger partial charge in [0.1, 0.15) is 19.0 Å². The molecule has 4 nitrogen and oxygen atoms in total. The van der Waals surface area contributed by atoms with Crippen LogP contribution in [0.25, 0.3) is 0 Å². The molecular weight excluding hydrogens is 256 g/mol. The van der Waals surface area contributed by atoms with Gasteiger partial charge in [0.15, 0.2) is 6.29 Å². The minimum atomic E-state index is -0.312. The number of hydrogen-bond donors (Lipinski definition) is 0. The topological polar surface area (TPSA) is 36.9 Å². The number of ether oxygens (including phenoxy) is 4. The van der Waals surface area contributed by atoms with Crippen molar-refractivity contribution in [2.75, 3.05) is 20.0 Å². The molecule has 2 heterocycles. The van der Waals surface area contributed by atoms with Crippen LogP contribution in [0.2, 0.25) is 0 Å². The van der Waals surface area contributed by atoms with Gasteiger partial charge < -0.3 is 18.9 Å². The Morgan fingerprint density at radius 2 is 2.10 bits per heavy atom.